The fraction of sp³-hybridized carbons (Fsp3) is 0.667. The van der Waals surface area contributed by atoms with E-state index in [0.29, 0.717) is 5.92 Å². The second-order valence-corrected chi connectivity index (χ2v) is 9.07. The van der Waals surface area contributed by atoms with Crippen LogP contribution in [0.5, 0.6) is 0 Å². The second kappa shape index (κ2) is 6.21. The highest BCUT2D eigenvalue weighted by Crippen LogP contribution is 2.60. The minimum Gasteiger partial charge on any atom is -0.445 e. The van der Waals surface area contributed by atoms with Crippen molar-refractivity contribution in [1.82, 2.24) is 9.88 Å². The van der Waals surface area contributed by atoms with E-state index in [9.17, 15) is 9.59 Å². The van der Waals surface area contributed by atoms with Gasteiger partial charge in [0.05, 0.1) is 17.2 Å². The summed E-state index contributed by atoms with van der Waals surface area (Å²) in [6.45, 7) is 0.718. The quantitative estimate of drug-likeness (QED) is 0.887. The van der Waals surface area contributed by atoms with Crippen LogP contribution in [-0.4, -0.2) is 34.5 Å². The summed E-state index contributed by atoms with van der Waals surface area (Å²) in [6.07, 6.45) is 8.04. The van der Waals surface area contributed by atoms with E-state index in [0.717, 1.165) is 57.2 Å². The summed E-state index contributed by atoms with van der Waals surface area (Å²) in [4.78, 5) is 31.4. The molecule has 3 unspecified atom stereocenters. The molecule has 1 aliphatic heterocycles. The van der Waals surface area contributed by atoms with Crippen molar-refractivity contribution < 1.29 is 14.3 Å². The summed E-state index contributed by atoms with van der Waals surface area (Å²) >= 11 is 0. The van der Waals surface area contributed by atoms with Crippen LogP contribution in [0.4, 0.5) is 4.79 Å². The van der Waals surface area contributed by atoms with Crippen LogP contribution in [0.15, 0.2) is 24.4 Å². The van der Waals surface area contributed by atoms with Gasteiger partial charge in [-0.25, -0.2) is 4.79 Å². The largest absolute Gasteiger partial charge is 0.445 e. The van der Waals surface area contributed by atoms with Crippen molar-refractivity contribution in [3.05, 3.63) is 30.1 Å². The number of aromatic nitrogens is 1. The Kier molecular flexibility index (Phi) is 3.92. The highest BCUT2D eigenvalue weighted by molar-refractivity contribution is 5.81. The van der Waals surface area contributed by atoms with Crippen molar-refractivity contribution in [2.24, 2.45) is 28.9 Å². The summed E-state index contributed by atoms with van der Waals surface area (Å²) in [6, 6.07) is 5.85. The van der Waals surface area contributed by atoms with Crippen molar-refractivity contribution in [1.29, 1.82) is 0 Å². The molecule has 6 rings (SSSR count). The molecule has 1 saturated heterocycles. The number of rotatable bonds is 3. The van der Waals surface area contributed by atoms with E-state index in [-0.39, 0.29) is 41.4 Å². The first-order valence-corrected chi connectivity index (χ1v) is 10.2. The van der Waals surface area contributed by atoms with Crippen LogP contribution >= 0.6 is 0 Å². The lowest BCUT2D eigenvalue weighted by Crippen LogP contribution is -2.59. The lowest BCUT2D eigenvalue weighted by Gasteiger charge is -2.58. The fourth-order valence-electron chi connectivity index (χ4n) is 6.52. The summed E-state index contributed by atoms with van der Waals surface area (Å²) in [5.74, 6) is 0.978. The number of nitrogens with zero attached hydrogens (tertiary/aromatic N) is 2. The molecule has 144 valence electrons. The third-order valence-electron chi connectivity index (χ3n) is 7.46. The lowest BCUT2D eigenvalue weighted by atomic mass is 9.48. The number of hydrogen-bond donors (Lipinski definition) is 1. The van der Waals surface area contributed by atoms with E-state index in [1.54, 1.807) is 6.20 Å². The zero-order chi connectivity index (χ0) is 18.6. The summed E-state index contributed by atoms with van der Waals surface area (Å²) in [5, 5.41) is 0. The van der Waals surface area contributed by atoms with Gasteiger partial charge in [-0.3, -0.25) is 14.7 Å². The average molecular weight is 369 g/mol. The molecule has 4 saturated carbocycles. The zero-order valence-electron chi connectivity index (χ0n) is 15.5. The molecule has 5 fully saturated rings. The van der Waals surface area contributed by atoms with Crippen LogP contribution < -0.4 is 5.73 Å². The maximum atomic E-state index is 13.0. The first kappa shape index (κ1) is 17.0. The number of nitrogens with two attached hydrogens (primary N) is 1. The van der Waals surface area contributed by atoms with Crippen LogP contribution in [0.25, 0.3) is 0 Å². The monoisotopic (exact) mass is 369 g/mol. The fourth-order valence-corrected chi connectivity index (χ4v) is 6.52. The molecule has 3 atom stereocenters. The Hall–Kier alpha value is -2.11. The van der Waals surface area contributed by atoms with Gasteiger partial charge in [0.2, 0.25) is 5.91 Å². The van der Waals surface area contributed by atoms with Crippen molar-refractivity contribution in [3.63, 3.8) is 0 Å². The van der Waals surface area contributed by atoms with Gasteiger partial charge >= 0.3 is 6.09 Å². The van der Waals surface area contributed by atoms with Gasteiger partial charge < -0.3 is 10.5 Å². The normalized spacial score (nSPS) is 39.6. The van der Waals surface area contributed by atoms with E-state index >= 15 is 0 Å². The first-order valence-electron chi connectivity index (χ1n) is 10.2. The van der Waals surface area contributed by atoms with Crippen molar-refractivity contribution in [2.75, 3.05) is 6.54 Å². The molecule has 5 aliphatic rings. The van der Waals surface area contributed by atoms with Gasteiger partial charge in [0.25, 0.3) is 0 Å². The van der Waals surface area contributed by atoms with Gasteiger partial charge in [-0.1, -0.05) is 6.07 Å². The minimum absolute atomic E-state index is 0.00694. The number of likely N-dealkylation sites (tertiary alicyclic amines) is 1. The van der Waals surface area contributed by atoms with E-state index in [1.165, 1.54) is 0 Å². The molecule has 2 heterocycles. The van der Waals surface area contributed by atoms with Crippen LogP contribution in [0.3, 0.4) is 0 Å². The first-order chi connectivity index (χ1) is 13.1. The molecule has 6 nitrogen and oxygen atoms in total. The Bertz CT molecular complexity index is 736. The van der Waals surface area contributed by atoms with E-state index in [4.69, 9.17) is 10.5 Å². The third-order valence-corrected chi connectivity index (χ3v) is 7.46. The second-order valence-electron chi connectivity index (χ2n) is 9.07. The van der Waals surface area contributed by atoms with Crippen molar-refractivity contribution in [2.45, 2.75) is 57.1 Å². The Morgan fingerprint density at radius 1 is 1.19 bits per heavy atom. The lowest BCUT2D eigenvalue weighted by molar-refractivity contribution is -0.161. The van der Waals surface area contributed by atoms with Gasteiger partial charge in [0.1, 0.15) is 6.10 Å². The molecular weight excluding hydrogens is 342 g/mol. The van der Waals surface area contributed by atoms with Gasteiger partial charge in [-0.05, 0) is 74.8 Å². The molecule has 1 aromatic rings. The number of pyridine rings is 1. The predicted molar refractivity (Wildman–Crippen MR) is 98.4 cm³/mol. The third kappa shape index (κ3) is 2.72. The SMILES string of the molecule is NC(=O)[C@]12CC3CC(C1)[C@@H](OC(=O)N1CCCC1c1ccccn1)C(C3)C2. The van der Waals surface area contributed by atoms with E-state index in [1.807, 2.05) is 23.1 Å². The molecule has 2 amide bonds. The number of primary amides is 1. The molecule has 0 radical (unpaired) electrons. The Labute approximate surface area is 159 Å². The Morgan fingerprint density at radius 2 is 1.96 bits per heavy atom. The maximum absolute atomic E-state index is 13.0. The summed E-state index contributed by atoms with van der Waals surface area (Å²) < 4.78 is 6.09. The number of carbonyl (C=O) groups is 2. The molecule has 4 aliphatic carbocycles. The van der Waals surface area contributed by atoms with Crippen molar-refractivity contribution >= 4 is 12.0 Å². The summed E-state index contributed by atoms with van der Waals surface area (Å²) in [7, 11) is 0. The van der Waals surface area contributed by atoms with E-state index < -0.39 is 0 Å². The van der Waals surface area contributed by atoms with Crippen LogP contribution in [0, 0.1) is 23.2 Å². The highest BCUT2D eigenvalue weighted by atomic mass is 16.6. The van der Waals surface area contributed by atoms with Gasteiger partial charge in [0.15, 0.2) is 0 Å². The van der Waals surface area contributed by atoms with E-state index in [2.05, 4.69) is 4.98 Å². The predicted octanol–water partition coefficient (Wildman–Crippen LogP) is 3.04. The average Bonchev–Trinajstić information content (AvgIpc) is 3.14. The Balaban J connectivity index is 1.31. The smallest absolute Gasteiger partial charge is 0.410 e. The maximum Gasteiger partial charge on any atom is 0.410 e. The number of hydrogen-bond acceptors (Lipinski definition) is 4. The number of carbonyl (C=O) groups excluding carboxylic acids is 2. The molecule has 2 N–H and O–H groups in total. The van der Waals surface area contributed by atoms with Crippen molar-refractivity contribution in [3.8, 4) is 0 Å². The summed E-state index contributed by atoms with van der Waals surface area (Å²) in [5.41, 5.74) is 6.35. The number of ether oxygens (including phenoxy) is 1. The van der Waals surface area contributed by atoms with Gasteiger partial charge in [-0.15, -0.1) is 0 Å². The highest BCUT2D eigenvalue weighted by Gasteiger charge is 2.59. The van der Waals surface area contributed by atoms with Crippen LogP contribution in [-0.2, 0) is 9.53 Å². The van der Waals surface area contributed by atoms with Crippen LogP contribution in [0.1, 0.15) is 56.7 Å². The molecule has 27 heavy (non-hydrogen) atoms. The topological polar surface area (TPSA) is 85.5 Å². The molecule has 1 aromatic heterocycles. The minimum atomic E-state index is -0.344. The van der Waals surface area contributed by atoms with Gasteiger partial charge in [0, 0.05) is 12.7 Å². The molecule has 6 heteroatoms. The van der Waals surface area contributed by atoms with Crippen LogP contribution in [0.2, 0.25) is 0 Å². The molecule has 4 bridgehead atoms. The molecule has 0 spiro atoms. The zero-order valence-corrected chi connectivity index (χ0v) is 15.5. The molecular formula is C21H27N3O3. The standard InChI is InChI=1S/C21H27N3O3/c22-19(25)21-10-13-8-14(11-21)18(15(9-13)12-21)27-20(26)24-7-3-5-17(24)16-4-1-2-6-23-16/h1-2,4,6,13-15,17-18H,3,5,7-12H2,(H2,22,25)/t13?,14?,15?,17?,18-,21-. The molecule has 0 aromatic carbocycles. The number of amides is 2. The Morgan fingerprint density at radius 3 is 2.63 bits per heavy atom. The van der Waals surface area contributed by atoms with Gasteiger partial charge in [-0.2, -0.15) is 0 Å².